The first kappa shape index (κ1) is 20.4. The monoisotopic (exact) mass is 429 g/mol. The van der Waals surface area contributed by atoms with Gasteiger partial charge in [0.25, 0.3) is 10.0 Å². The van der Waals surface area contributed by atoms with Crippen LogP contribution in [0.1, 0.15) is 18.9 Å². The summed E-state index contributed by atoms with van der Waals surface area (Å²) in [6, 6.07) is 12.3. The molecule has 8 heteroatoms. The van der Waals surface area contributed by atoms with Gasteiger partial charge in [0, 0.05) is 44.0 Å². The lowest BCUT2D eigenvalue weighted by Gasteiger charge is -2.43. The highest BCUT2D eigenvalue weighted by Gasteiger charge is 2.36. The number of piperazine rings is 1. The number of benzene rings is 2. The third-order valence-electron chi connectivity index (χ3n) is 5.59. The summed E-state index contributed by atoms with van der Waals surface area (Å²) in [4.78, 5) is 4.67. The maximum atomic E-state index is 13.4. The lowest BCUT2D eigenvalue weighted by atomic mass is 10.1. The Balaban J connectivity index is 1.65. The topological polar surface area (TPSA) is 73.3 Å². The van der Waals surface area contributed by atoms with Crippen molar-refractivity contribution in [3.63, 3.8) is 0 Å². The predicted molar refractivity (Wildman–Crippen MR) is 117 cm³/mol. The number of hydrogen-bond acceptors (Lipinski definition) is 6. The molecule has 30 heavy (non-hydrogen) atoms. The van der Waals surface area contributed by atoms with Crippen molar-refractivity contribution >= 4 is 21.8 Å². The van der Waals surface area contributed by atoms with E-state index in [0.29, 0.717) is 41.7 Å². The van der Waals surface area contributed by atoms with Gasteiger partial charge >= 0.3 is 0 Å². The molecule has 7 nitrogen and oxygen atoms in total. The quantitative estimate of drug-likeness (QED) is 0.788. The third-order valence-corrected chi connectivity index (χ3v) is 7.45. The summed E-state index contributed by atoms with van der Waals surface area (Å²) < 4.78 is 33.8. The maximum absolute atomic E-state index is 13.4. The van der Waals surface area contributed by atoms with Gasteiger partial charge in [-0.25, -0.2) is 8.42 Å². The fourth-order valence-electron chi connectivity index (χ4n) is 4.06. The van der Waals surface area contributed by atoms with Gasteiger partial charge in [-0.3, -0.25) is 4.31 Å². The van der Waals surface area contributed by atoms with Crippen LogP contribution in [0.2, 0.25) is 0 Å². The van der Waals surface area contributed by atoms with Gasteiger partial charge < -0.3 is 19.6 Å². The van der Waals surface area contributed by atoms with E-state index in [2.05, 4.69) is 9.80 Å². The Morgan fingerprint density at radius 2 is 1.67 bits per heavy atom. The molecule has 1 saturated heterocycles. The number of hydrogen-bond donors (Lipinski definition) is 1. The molecule has 0 atom stereocenters. The molecule has 0 radical (unpaired) electrons. The molecule has 0 amide bonds. The highest BCUT2D eigenvalue weighted by molar-refractivity contribution is 7.89. The van der Waals surface area contributed by atoms with Gasteiger partial charge in [-0.2, -0.15) is 0 Å². The number of ether oxygens (including phenoxy) is 1. The van der Waals surface area contributed by atoms with E-state index in [1.165, 1.54) is 4.31 Å². The van der Waals surface area contributed by atoms with Crippen molar-refractivity contribution in [2.75, 3.05) is 44.7 Å². The predicted octanol–water partition coefficient (Wildman–Crippen LogP) is 2.94. The van der Waals surface area contributed by atoms with E-state index in [9.17, 15) is 13.5 Å². The summed E-state index contributed by atoms with van der Waals surface area (Å²) >= 11 is 0. The van der Waals surface area contributed by atoms with Crippen molar-refractivity contribution in [1.29, 1.82) is 0 Å². The molecule has 2 heterocycles. The van der Waals surface area contributed by atoms with Crippen LogP contribution in [0.4, 0.5) is 5.69 Å². The second-order valence-corrected chi connectivity index (χ2v) is 9.27. The number of rotatable bonds is 5. The van der Waals surface area contributed by atoms with Crippen molar-refractivity contribution in [3.05, 3.63) is 53.8 Å². The maximum Gasteiger partial charge on any atom is 0.266 e. The van der Waals surface area contributed by atoms with Crippen LogP contribution in [0.25, 0.3) is 6.08 Å². The average Bonchev–Trinajstić information content (AvgIpc) is 2.76. The summed E-state index contributed by atoms with van der Waals surface area (Å²) in [7, 11) is -2.08. The highest BCUT2D eigenvalue weighted by Crippen LogP contribution is 2.38. The third kappa shape index (κ3) is 3.56. The highest BCUT2D eigenvalue weighted by atomic mass is 32.2. The molecule has 0 aliphatic carbocycles. The smallest absolute Gasteiger partial charge is 0.266 e. The molecular weight excluding hydrogens is 402 g/mol. The van der Waals surface area contributed by atoms with E-state index in [0.717, 1.165) is 25.2 Å². The van der Waals surface area contributed by atoms with Crippen LogP contribution < -0.4 is 9.64 Å². The Morgan fingerprint density at radius 1 is 1.00 bits per heavy atom. The summed E-state index contributed by atoms with van der Waals surface area (Å²) in [5.41, 5.74) is 1.67. The van der Waals surface area contributed by atoms with E-state index in [4.69, 9.17) is 4.74 Å². The number of methoxy groups -OCH3 is 1. The van der Waals surface area contributed by atoms with E-state index in [1.54, 1.807) is 37.4 Å². The van der Waals surface area contributed by atoms with E-state index >= 15 is 0 Å². The van der Waals surface area contributed by atoms with Crippen LogP contribution in [0.5, 0.6) is 11.5 Å². The zero-order chi connectivity index (χ0) is 21.3. The number of fused-ring (bicyclic) bond motifs is 1. The van der Waals surface area contributed by atoms with Gasteiger partial charge in [-0.1, -0.05) is 13.0 Å². The van der Waals surface area contributed by atoms with Crippen LogP contribution >= 0.6 is 0 Å². The Morgan fingerprint density at radius 3 is 2.30 bits per heavy atom. The summed E-state index contributed by atoms with van der Waals surface area (Å²) in [5, 5.41) is 9.51. The van der Waals surface area contributed by atoms with Crippen LogP contribution in [0.15, 0.2) is 53.2 Å². The Kier molecular flexibility index (Phi) is 5.51. The van der Waals surface area contributed by atoms with Crippen LogP contribution in [0, 0.1) is 0 Å². The van der Waals surface area contributed by atoms with Gasteiger partial charge in [0.2, 0.25) is 0 Å². The zero-order valence-electron chi connectivity index (χ0n) is 17.3. The SMILES string of the molecule is CCCN1C(N2CCN(c3ccc(O)cc3)CC2)=Cc2c(OC)cccc2S1(=O)=O. The first-order chi connectivity index (χ1) is 14.5. The van der Waals surface area contributed by atoms with Gasteiger partial charge in [0.1, 0.15) is 17.3 Å². The Hall–Kier alpha value is -2.87. The molecule has 2 aromatic rings. The summed E-state index contributed by atoms with van der Waals surface area (Å²) in [5.74, 6) is 1.52. The molecule has 2 aromatic carbocycles. The van der Waals surface area contributed by atoms with Gasteiger partial charge in [-0.15, -0.1) is 0 Å². The standard InChI is InChI=1S/C22H27N3O4S/c1-3-11-25-22(16-19-20(29-2)5-4-6-21(19)30(25,27)28)24-14-12-23(13-15-24)17-7-9-18(26)10-8-17/h4-10,16,26H,3,11-15H2,1-2H3. The molecule has 4 rings (SSSR count). The number of phenols is 1. The van der Waals surface area contributed by atoms with Crippen molar-refractivity contribution in [2.24, 2.45) is 0 Å². The normalized spacial score (nSPS) is 18.1. The van der Waals surface area contributed by atoms with E-state index in [1.807, 2.05) is 25.1 Å². The Bertz CT molecular complexity index is 1040. The summed E-state index contributed by atoms with van der Waals surface area (Å²) in [6.45, 7) is 5.35. The molecule has 2 aliphatic heterocycles. The van der Waals surface area contributed by atoms with Crippen LogP contribution in [-0.2, 0) is 10.0 Å². The van der Waals surface area contributed by atoms with Gasteiger partial charge in [0.15, 0.2) is 0 Å². The minimum atomic E-state index is -3.64. The number of sulfonamides is 1. The fourth-order valence-corrected chi connectivity index (χ4v) is 5.82. The molecule has 0 saturated carbocycles. The van der Waals surface area contributed by atoms with Crippen molar-refractivity contribution in [1.82, 2.24) is 9.21 Å². The van der Waals surface area contributed by atoms with Gasteiger partial charge in [0.05, 0.1) is 12.0 Å². The average molecular weight is 430 g/mol. The molecular formula is C22H27N3O4S. The van der Waals surface area contributed by atoms with Crippen molar-refractivity contribution in [3.8, 4) is 11.5 Å². The van der Waals surface area contributed by atoms with Gasteiger partial charge in [-0.05, 0) is 48.9 Å². The number of phenolic OH excluding ortho intramolecular Hbond substituents is 1. The fraction of sp³-hybridized carbons (Fsp3) is 0.364. The number of aromatic hydroxyl groups is 1. The van der Waals surface area contributed by atoms with E-state index in [-0.39, 0.29) is 5.75 Å². The molecule has 0 unspecified atom stereocenters. The second-order valence-electron chi connectivity index (χ2n) is 7.44. The largest absolute Gasteiger partial charge is 0.508 e. The van der Waals surface area contributed by atoms with Crippen molar-refractivity contribution in [2.45, 2.75) is 18.2 Å². The molecule has 0 aromatic heterocycles. The first-order valence-corrected chi connectivity index (χ1v) is 11.6. The molecule has 0 bridgehead atoms. The lowest BCUT2D eigenvalue weighted by Crippen LogP contribution is -2.50. The minimum absolute atomic E-state index is 0.248. The molecule has 160 valence electrons. The number of anilines is 1. The molecule has 1 N–H and O–H groups in total. The van der Waals surface area contributed by atoms with Crippen LogP contribution in [-0.4, -0.2) is 62.6 Å². The lowest BCUT2D eigenvalue weighted by molar-refractivity contribution is 0.257. The second kappa shape index (κ2) is 8.10. The van der Waals surface area contributed by atoms with E-state index < -0.39 is 10.0 Å². The minimum Gasteiger partial charge on any atom is -0.508 e. The zero-order valence-corrected chi connectivity index (χ0v) is 18.1. The molecule has 2 aliphatic rings. The molecule has 0 spiro atoms. The van der Waals surface area contributed by atoms with Crippen molar-refractivity contribution < 1.29 is 18.3 Å². The summed E-state index contributed by atoms with van der Waals surface area (Å²) in [6.07, 6.45) is 2.67. The Labute approximate surface area is 177 Å². The first-order valence-electron chi connectivity index (χ1n) is 10.2. The molecule has 1 fully saturated rings. The van der Waals surface area contributed by atoms with Crippen LogP contribution in [0.3, 0.4) is 0 Å². The number of nitrogens with zero attached hydrogens (tertiary/aromatic N) is 3.